The molecule has 1 unspecified atom stereocenters. The Kier molecular flexibility index (Phi) is 2.32. The monoisotopic (exact) mass is 172 g/mol. The average Bonchev–Trinajstić information content (AvgIpc) is 2.28. The average molecular weight is 172 g/mol. The number of urea groups is 1. The molecule has 0 aromatic carbocycles. The molecule has 1 atom stereocenters. The summed E-state index contributed by atoms with van der Waals surface area (Å²) in [5.74, 6) is -0.277. The minimum atomic E-state index is -0.427. The van der Waals surface area contributed by atoms with E-state index in [0.717, 1.165) is 5.06 Å². The van der Waals surface area contributed by atoms with Crippen LogP contribution < -0.4 is 0 Å². The van der Waals surface area contributed by atoms with Crippen LogP contribution in [0.25, 0.3) is 0 Å². The molecule has 0 bridgehead atoms. The van der Waals surface area contributed by atoms with E-state index in [1.165, 1.54) is 4.90 Å². The Morgan fingerprint density at radius 2 is 2.25 bits per heavy atom. The molecular weight excluding hydrogens is 160 g/mol. The molecule has 5 nitrogen and oxygen atoms in total. The lowest BCUT2D eigenvalue weighted by molar-refractivity contribution is -0.155. The summed E-state index contributed by atoms with van der Waals surface area (Å²) in [7, 11) is 3.14. The van der Waals surface area contributed by atoms with Crippen molar-refractivity contribution in [1.82, 2.24) is 9.96 Å². The van der Waals surface area contributed by atoms with E-state index in [4.69, 9.17) is 4.84 Å². The van der Waals surface area contributed by atoms with Crippen molar-refractivity contribution in [2.24, 2.45) is 0 Å². The number of carbonyl (C=O) groups excluding carboxylic acids is 2. The fourth-order valence-electron chi connectivity index (χ4n) is 0.938. The first-order chi connectivity index (χ1) is 5.52. The molecule has 1 heterocycles. The molecule has 0 spiro atoms. The third-order valence-electron chi connectivity index (χ3n) is 1.53. The van der Waals surface area contributed by atoms with Crippen LogP contribution in [0, 0.1) is 0 Å². The number of hydrogen-bond acceptors (Lipinski definition) is 3. The molecule has 12 heavy (non-hydrogen) atoms. The summed E-state index contributed by atoms with van der Waals surface area (Å²) in [6.45, 7) is 1.75. The molecule has 0 aliphatic carbocycles. The third kappa shape index (κ3) is 1.55. The van der Waals surface area contributed by atoms with Crippen LogP contribution >= 0.6 is 0 Å². The molecule has 1 aliphatic heterocycles. The highest BCUT2D eigenvalue weighted by Gasteiger charge is 2.33. The maximum atomic E-state index is 11.2. The minimum absolute atomic E-state index is 0.193. The summed E-state index contributed by atoms with van der Waals surface area (Å²) >= 11 is 0. The van der Waals surface area contributed by atoms with Crippen LogP contribution in [0.3, 0.4) is 0 Å². The quantitative estimate of drug-likeness (QED) is 0.525. The lowest BCUT2D eigenvalue weighted by Crippen LogP contribution is -2.39. The first-order valence-electron chi connectivity index (χ1n) is 3.73. The van der Waals surface area contributed by atoms with Crippen molar-refractivity contribution in [3.05, 3.63) is 0 Å². The Morgan fingerprint density at radius 3 is 2.58 bits per heavy atom. The summed E-state index contributed by atoms with van der Waals surface area (Å²) < 4.78 is 0. The largest absolute Gasteiger partial charge is 0.350 e. The molecule has 5 heteroatoms. The molecule has 1 saturated heterocycles. The van der Waals surface area contributed by atoms with Gasteiger partial charge in [0.15, 0.2) is 0 Å². The van der Waals surface area contributed by atoms with Crippen molar-refractivity contribution in [2.75, 3.05) is 14.1 Å². The molecule has 0 aromatic rings. The van der Waals surface area contributed by atoms with Gasteiger partial charge in [0.1, 0.15) is 0 Å². The van der Waals surface area contributed by atoms with Crippen LogP contribution in [0.2, 0.25) is 0 Å². The number of rotatable bonds is 0. The second-order valence-electron chi connectivity index (χ2n) is 2.99. The minimum Gasteiger partial charge on any atom is -0.329 e. The summed E-state index contributed by atoms with van der Waals surface area (Å²) in [6, 6.07) is -0.427. The highest BCUT2D eigenvalue weighted by Crippen LogP contribution is 2.15. The molecule has 1 fully saturated rings. The van der Waals surface area contributed by atoms with Gasteiger partial charge < -0.3 is 4.90 Å². The maximum absolute atomic E-state index is 11.2. The lowest BCUT2D eigenvalue weighted by atomic mass is 10.3. The van der Waals surface area contributed by atoms with E-state index in [1.54, 1.807) is 21.0 Å². The molecule has 1 aliphatic rings. The van der Waals surface area contributed by atoms with Crippen molar-refractivity contribution in [1.29, 1.82) is 0 Å². The normalized spacial score (nSPS) is 23.1. The molecule has 0 saturated carbocycles. The van der Waals surface area contributed by atoms with Crippen molar-refractivity contribution in [3.63, 3.8) is 0 Å². The van der Waals surface area contributed by atoms with Gasteiger partial charge in [0.05, 0.1) is 12.5 Å². The van der Waals surface area contributed by atoms with E-state index in [-0.39, 0.29) is 18.4 Å². The van der Waals surface area contributed by atoms with Gasteiger partial charge in [-0.15, -0.1) is 5.06 Å². The Hall–Kier alpha value is -1.10. The predicted molar refractivity (Wildman–Crippen MR) is 41.1 cm³/mol. The smallest absolute Gasteiger partial charge is 0.329 e. The highest BCUT2D eigenvalue weighted by atomic mass is 16.7. The highest BCUT2D eigenvalue weighted by molar-refractivity contribution is 5.94. The van der Waals surface area contributed by atoms with E-state index in [2.05, 4.69) is 0 Å². The topological polar surface area (TPSA) is 49.9 Å². The summed E-state index contributed by atoms with van der Waals surface area (Å²) in [4.78, 5) is 28.6. The first-order valence-corrected chi connectivity index (χ1v) is 3.73. The zero-order valence-electron chi connectivity index (χ0n) is 7.40. The van der Waals surface area contributed by atoms with Gasteiger partial charge in [-0.3, -0.25) is 9.63 Å². The number of hydroxylamine groups is 2. The van der Waals surface area contributed by atoms with Crippen LogP contribution in [0.5, 0.6) is 0 Å². The number of nitrogens with zero attached hydrogens (tertiary/aromatic N) is 2. The first kappa shape index (κ1) is 8.99. The van der Waals surface area contributed by atoms with E-state index in [1.807, 2.05) is 0 Å². The van der Waals surface area contributed by atoms with Gasteiger partial charge in [0.2, 0.25) is 0 Å². The van der Waals surface area contributed by atoms with Crippen LogP contribution in [-0.2, 0) is 9.63 Å². The number of carbonyl (C=O) groups is 2. The molecule has 0 aromatic heterocycles. The van der Waals surface area contributed by atoms with E-state index in [0.29, 0.717) is 0 Å². The SMILES string of the molecule is CC1CC(=O)N(C(=O)N(C)C)O1. The number of hydrogen-bond donors (Lipinski definition) is 0. The van der Waals surface area contributed by atoms with Crippen LogP contribution in [0.1, 0.15) is 13.3 Å². The molecule has 0 N–H and O–H groups in total. The van der Waals surface area contributed by atoms with Gasteiger partial charge in [-0.2, -0.15) is 0 Å². The molecule has 1 rings (SSSR count). The Balaban J connectivity index is 2.64. The second kappa shape index (κ2) is 3.10. The van der Waals surface area contributed by atoms with Gasteiger partial charge in [0, 0.05) is 14.1 Å². The van der Waals surface area contributed by atoms with Gasteiger partial charge in [-0.25, -0.2) is 4.79 Å². The fourth-order valence-corrected chi connectivity index (χ4v) is 0.938. The molecular formula is C7H12N2O3. The molecule has 68 valence electrons. The van der Waals surface area contributed by atoms with Gasteiger partial charge in [0.25, 0.3) is 5.91 Å². The molecule has 0 radical (unpaired) electrons. The van der Waals surface area contributed by atoms with Crippen LogP contribution in [0.4, 0.5) is 4.79 Å². The second-order valence-corrected chi connectivity index (χ2v) is 2.99. The maximum Gasteiger partial charge on any atom is 0.350 e. The van der Waals surface area contributed by atoms with Gasteiger partial charge in [-0.1, -0.05) is 0 Å². The van der Waals surface area contributed by atoms with Crippen LogP contribution in [-0.4, -0.2) is 42.1 Å². The Bertz CT molecular complexity index is 215. The Morgan fingerprint density at radius 1 is 1.67 bits per heavy atom. The lowest BCUT2D eigenvalue weighted by Gasteiger charge is -2.17. The van der Waals surface area contributed by atoms with Crippen molar-refractivity contribution < 1.29 is 14.4 Å². The van der Waals surface area contributed by atoms with Crippen LogP contribution in [0.15, 0.2) is 0 Å². The summed E-state index contributed by atoms with van der Waals surface area (Å²) in [5, 5.41) is 0.810. The summed E-state index contributed by atoms with van der Waals surface area (Å²) in [6.07, 6.45) is 0.0842. The fraction of sp³-hybridized carbons (Fsp3) is 0.714. The zero-order chi connectivity index (χ0) is 9.30. The van der Waals surface area contributed by atoms with Crippen molar-refractivity contribution in [2.45, 2.75) is 19.4 Å². The number of imide groups is 1. The predicted octanol–water partition coefficient (Wildman–Crippen LogP) is 0.220. The van der Waals surface area contributed by atoms with E-state index >= 15 is 0 Å². The van der Waals surface area contributed by atoms with Gasteiger partial charge >= 0.3 is 6.03 Å². The van der Waals surface area contributed by atoms with Crippen molar-refractivity contribution in [3.8, 4) is 0 Å². The summed E-state index contributed by atoms with van der Waals surface area (Å²) in [5.41, 5.74) is 0. The van der Waals surface area contributed by atoms with Gasteiger partial charge in [-0.05, 0) is 6.92 Å². The standard InChI is InChI=1S/C7H12N2O3/c1-5-4-6(10)9(12-5)7(11)8(2)3/h5H,4H2,1-3H3. The van der Waals surface area contributed by atoms with Crippen molar-refractivity contribution >= 4 is 11.9 Å². The van der Waals surface area contributed by atoms with E-state index in [9.17, 15) is 9.59 Å². The Labute approximate surface area is 70.8 Å². The zero-order valence-corrected chi connectivity index (χ0v) is 7.40. The number of amides is 3. The third-order valence-corrected chi connectivity index (χ3v) is 1.53. The van der Waals surface area contributed by atoms with E-state index < -0.39 is 6.03 Å². The molecule has 3 amide bonds.